The highest BCUT2D eigenvalue weighted by atomic mass is 16.5. The van der Waals surface area contributed by atoms with Crippen LogP contribution < -0.4 is 0 Å². The fourth-order valence-electron chi connectivity index (χ4n) is 17.0. The highest BCUT2D eigenvalue weighted by molar-refractivity contribution is 5.69. The largest absolute Gasteiger partial charge is 0.481 e. The Morgan fingerprint density at radius 3 is 0.510 bits per heavy atom. The van der Waals surface area contributed by atoms with Gasteiger partial charge < -0.3 is 55.8 Å². The number of unbranched alkanes of at least 4 members (excludes halogenated alkanes) is 51. The lowest BCUT2D eigenvalue weighted by Gasteiger charge is -2.51. The number of aliphatic hydroxyl groups is 5. The molecule has 17 heteroatoms. The van der Waals surface area contributed by atoms with Crippen molar-refractivity contribution in [1.82, 2.24) is 0 Å². The van der Waals surface area contributed by atoms with Gasteiger partial charge in [0.1, 0.15) is 0 Å². The lowest BCUT2D eigenvalue weighted by Crippen LogP contribution is -2.49. The molecule has 0 amide bonds. The lowest BCUT2D eigenvalue weighted by molar-refractivity contribution is -0.159. The van der Waals surface area contributed by atoms with Gasteiger partial charge in [0, 0.05) is 62.6 Å². The smallest absolute Gasteiger partial charge is 0.305 e. The van der Waals surface area contributed by atoms with Crippen molar-refractivity contribution in [2.45, 2.75) is 456 Å². The number of carboxylic acid groups (broad SMARTS) is 5. The molecule has 0 radical (unpaired) electrons. The summed E-state index contributed by atoms with van der Waals surface area (Å²) in [5.74, 6) is -3.88. The molecule has 0 aliphatic heterocycles. The van der Waals surface area contributed by atoms with Gasteiger partial charge in [-0.05, 0) is 101 Å². The second kappa shape index (κ2) is 71.2. The minimum Gasteiger partial charge on any atom is -0.481 e. The van der Waals surface area contributed by atoms with Crippen molar-refractivity contribution in [1.29, 1.82) is 0 Å². The van der Waals surface area contributed by atoms with Gasteiger partial charge in [0.2, 0.25) is 0 Å². The minimum absolute atomic E-state index is 0.0712. The predicted molar refractivity (Wildman–Crippen MR) is 422 cm³/mol. The van der Waals surface area contributed by atoms with E-state index in [1.807, 2.05) is 0 Å². The molecule has 0 saturated carbocycles. The van der Waals surface area contributed by atoms with E-state index in [-0.39, 0.29) is 88.5 Å². The number of ether oxygens (including phenoxy) is 1. The number of esters is 1. The van der Waals surface area contributed by atoms with Crippen LogP contribution in [0.25, 0.3) is 0 Å². The number of hydrogen-bond acceptors (Lipinski definition) is 12. The maximum absolute atomic E-state index is 13.8. The van der Waals surface area contributed by atoms with E-state index in [2.05, 4.69) is 0 Å². The molecule has 0 heterocycles. The summed E-state index contributed by atoms with van der Waals surface area (Å²) in [7, 11) is 0. The molecule has 0 rings (SSSR count). The SMILES string of the molecule is O=C(O)CCCCCCCCCCCCC(CCCCCCCCCCCCC(=O)O)(CCCCCCCCCCCCC(=O)OCC(CO)(CCO)C(CCCCCCCCCCCC(=O)O)(CCCCCCCCCCCC(=O)O)CCCCCCCCCCCC(=O)O)C(CO)(CO)CCO. The minimum atomic E-state index is -0.795. The molecule has 0 aromatic heterocycles. The number of rotatable bonds is 86. The Morgan fingerprint density at radius 2 is 0.337 bits per heavy atom. The average Bonchev–Trinajstić information content (AvgIpc) is 0.781. The zero-order valence-corrected chi connectivity index (χ0v) is 66.8. The van der Waals surface area contributed by atoms with Gasteiger partial charge in [-0.3, -0.25) is 28.8 Å². The summed E-state index contributed by atoms with van der Waals surface area (Å²) in [5.41, 5.74) is -2.16. The van der Waals surface area contributed by atoms with E-state index in [1.54, 1.807) is 0 Å². The predicted octanol–water partition coefficient (Wildman–Crippen LogP) is 22.6. The second-order valence-corrected chi connectivity index (χ2v) is 32.3. The second-order valence-electron chi connectivity index (χ2n) is 32.3. The van der Waals surface area contributed by atoms with Crippen LogP contribution in [0.4, 0.5) is 0 Å². The summed E-state index contributed by atoms with van der Waals surface area (Å²) in [6.07, 6.45) is 67.4. The average molecular weight is 1480 g/mol. The van der Waals surface area contributed by atoms with Crippen molar-refractivity contribution in [3.8, 4) is 0 Å². The molecule has 1 unspecified atom stereocenters. The number of carboxylic acids is 5. The molecular weight excluding hydrogens is 1320 g/mol. The first-order valence-electron chi connectivity index (χ1n) is 43.8. The standard InChI is InChI=1S/C87H164O17/c88-72-70-86(74-90,75-91)84(64-52-40-28-16-4-1-10-22-34-46-58-78(93)94,65-53-41-29-17-5-2-11-23-35-47-59-79(95)96)66-54-42-30-18-6-3-15-27-39-51-63-83(103)104-77-87(76-92,71-73-89)85(67-55-43-31-19-7-12-24-36-48-60-80(97)98,68-56-44-32-20-8-13-25-37-49-61-81(99)100)69-57-45-33-21-9-14-26-38-50-62-82(101)102/h88-92H,1-77H2,(H,93,94)(H,95,96)(H,97,98)(H,99,100)(H,101,102). The van der Waals surface area contributed by atoms with Crippen LogP contribution in [0, 0.1) is 21.7 Å². The third kappa shape index (κ3) is 55.1. The van der Waals surface area contributed by atoms with Crippen LogP contribution in [0.5, 0.6) is 0 Å². The van der Waals surface area contributed by atoms with Gasteiger partial charge in [0.05, 0.1) is 26.4 Å². The van der Waals surface area contributed by atoms with Gasteiger partial charge in [-0.25, -0.2) is 0 Å². The zero-order valence-electron chi connectivity index (χ0n) is 66.8. The van der Waals surface area contributed by atoms with Gasteiger partial charge in [-0.15, -0.1) is 0 Å². The quantitative estimate of drug-likeness (QED) is 0.0200. The van der Waals surface area contributed by atoms with Crippen molar-refractivity contribution < 1.29 is 84.6 Å². The normalized spacial score (nSPS) is 12.7. The fourth-order valence-corrected chi connectivity index (χ4v) is 17.0. The summed E-state index contributed by atoms with van der Waals surface area (Å²) in [5, 5.41) is 100. The van der Waals surface area contributed by atoms with Crippen LogP contribution in [0.15, 0.2) is 0 Å². The third-order valence-corrected chi connectivity index (χ3v) is 23.9. The Morgan fingerprint density at radius 1 is 0.183 bits per heavy atom. The Kier molecular flexibility index (Phi) is 68.9. The maximum Gasteiger partial charge on any atom is 0.305 e. The Labute approximate surface area is 634 Å². The Bertz CT molecular complexity index is 1870. The molecular formula is C87H164O17. The van der Waals surface area contributed by atoms with Gasteiger partial charge in [-0.1, -0.05) is 327 Å². The summed E-state index contributed by atoms with van der Waals surface area (Å²) in [6, 6.07) is 0. The van der Waals surface area contributed by atoms with Crippen LogP contribution in [-0.2, 0) is 33.5 Å². The molecule has 614 valence electrons. The van der Waals surface area contributed by atoms with Crippen LogP contribution >= 0.6 is 0 Å². The van der Waals surface area contributed by atoms with Crippen LogP contribution in [0.2, 0.25) is 0 Å². The van der Waals surface area contributed by atoms with Crippen LogP contribution in [-0.4, -0.2) is 127 Å². The number of carbonyl (C=O) groups excluding carboxylic acids is 1. The van der Waals surface area contributed by atoms with Crippen molar-refractivity contribution in [3.05, 3.63) is 0 Å². The molecule has 0 aliphatic carbocycles. The van der Waals surface area contributed by atoms with E-state index >= 15 is 0 Å². The number of aliphatic hydroxyl groups excluding tert-OH is 5. The molecule has 10 N–H and O–H groups in total. The molecule has 0 aliphatic rings. The summed E-state index contributed by atoms with van der Waals surface area (Å²) < 4.78 is 6.30. The first kappa shape index (κ1) is 101. The highest BCUT2D eigenvalue weighted by Gasteiger charge is 2.51. The number of aliphatic carboxylic acids is 5. The maximum atomic E-state index is 13.8. The van der Waals surface area contributed by atoms with Crippen molar-refractivity contribution in [2.24, 2.45) is 21.7 Å². The Hall–Kier alpha value is -3.38. The number of hydrogen-bond donors (Lipinski definition) is 10. The highest BCUT2D eigenvalue weighted by Crippen LogP contribution is 2.55. The van der Waals surface area contributed by atoms with Crippen molar-refractivity contribution in [3.63, 3.8) is 0 Å². The molecule has 0 aromatic carbocycles. The summed E-state index contributed by atoms with van der Waals surface area (Å²) in [4.78, 5) is 68.5. The van der Waals surface area contributed by atoms with Gasteiger partial charge in [0.15, 0.2) is 0 Å². The molecule has 104 heavy (non-hydrogen) atoms. The van der Waals surface area contributed by atoms with Crippen molar-refractivity contribution >= 4 is 35.8 Å². The molecule has 0 saturated heterocycles. The molecule has 17 nitrogen and oxygen atoms in total. The van der Waals surface area contributed by atoms with Crippen LogP contribution in [0.1, 0.15) is 456 Å². The molecule has 0 fully saturated rings. The van der Waals surface area contributed by atoms with Gasteiger partial charge >= 0.3 is 35.8 Å². The van der Waals surface area contributed by atoms with E-state index in [4.69, 9.17) is 30.3 Å². The monoisotopic (exact) mass is 1480 g/mol. The molecule has 0 bridgehead atoms. The van der Waals surface area contributed by atoms with E-state index in [9.17, 15) is 54.3 Å². The molecule has 1 atom stereocenters. The first-order chi connectivity index (χ1) is 50.5. The summed E-state index contributed by atoms with van der Waals surface area (Å²) in [6.45, 7) is -0.535. The third-order valence-electron chi connectivity index (χ3n) is 23.9. The van der Waals surface area contributed by atoms with Crippen molar-refractivity contribution in [2.75, 3.05) is 39.6 Å². The summed E-state index contributed by atoms with van der Waals surface area (Å²) >= 11 is 0. The van der Waals surface area contributed by atoms with E-state index in [1.165, 1.54) is 38.5 Å². The first-order valence-corrected chi connectivity index (χ1v) is 43.8. The topological polar surface area (TPSA) is 314 Å². The zero-order chi connectivity index (χ0) is 76.6. The fraction of sp³-hybridized carbons (Fsp3) is 0.931. The van der Waals surface area contributed by atoms with E-state index in [0.717, 1.165) is 366 Å². The molecule has 0 aromatic rings. The van der Waals surface area contributed by atoms with Gasteiger partial charge in [0.25, 0.3) is 0 Å². The lowest BCUT2D eigenvalue weighted by atomic mass is 9.55. The van der Waals surface area contributed by atoms with E-state index < -0.39 is 40.7 Å². The van der Waals surface area contributed by atoms with Crippen LogP contribution in [0.3, 0.4) is 0 Å². The van der Waals surface area contributed by atoms with E-state index in [0.29, 0.717) is 19.3 Å². The Balaban J connectivity index is 5.90. The number of carbonyl (C=O) groups is 6. The molecule has 0 spiro atoms. The van der Waals surface area contributed by atoms with Gasteiger partial charge in [-0.2, -0.15) is 0 Å².